The van der Waals surface area contributed by atoms with E-state index in [1.807, 2.05) is 4.72 Å². The SMILES string of the molecule is COc1ccccc1S(=O)(=O)NC(=O)c1ccc(-n2ccc(OCC3(C)CC3)n2)nc1Cl. The van der Waals surface area contributed by atoms with Gasteiger partial charge in [0.05, 0.1) is 19.3 Å². The predicted octanol–water partition coefficient (Wildman–Crippen LogP) is 3.23. The van der Waals surface area contributed by atoms with Crippen molar-refractivity contribution < 1.29 is 22.7 Å². The van der Waals surface area contributed by atoms with Gasteiger partial charge < -0.3 is 9.47 Å². The first-order valence-corrected chi connectivity index (χ1v) is 11.6. The van der Waals surface area contributed by atoms with Crippen LogP contribution in [0.3, 0.4) is 0 Å². The molecule has 1 amide bonds. The lowest BCUT2D eigenvalue weighted by molar-refractivity contribution is 0.0981. The highest BCUT2D eigenvalue weighted by atomic mass is 35.5. The molecule has 2 aromatic heterocycles. The Morgan fingerprint density at radius 1 is 1.22 bits per heavy atom. The zero-order valence-corrected chi connectivity index (χ0v) is 19.0. The van der Waals surface area contributed by atoms with E-state index in [0.29, 0.717) is 18.3 Å². The second-order valence-corrected chi connectivity index (χ2v) is 9.80. The molecule has 0 bridgehead atoms. The van der Waals surface area contributed by atoms with Gasteiger partial charge in [-0.2, -0.15) is 0 Å². The van der Waals surface area contributed by atoms with E-state index in [0.717, 1.165) is 12.8 Å². The fourth-order valence-electron chi connectivity index (χ4n) is 2.91. The zero-order chi connectivity index (χ0) is 22.9. The lowest BCUT2D eigenvalue weighted by Gasteiger charge is -2.11. The van der Waals surface area contributed by atoms with Crippen LogP contribution in [0.2, 0.25) is 5.15 Å². The van der Waals surface area contributed by atoms with Crippen molar-refractivity contribution in [1.82, 2.24) is 19.5 Å². The van der Waals surface area contributed by atoms with Crippen molar-refractivity contribution in [3.63, 3.8) is 0 Å². The third kappa shape index (κ3) is 4.71. The van der Waals surface area contributed by atoms with E-state index < -0.39 is 15.9 Å². The minimum atomic E-state index is -4.18. The summed E-state index contributed by atoms with van der Waals surface area (Å²) in [4.78, 5) is 16.6. The molecule has 32 heavy (non-hydrogen) atoms. The van der Waals surface area contributed by atoms with Gasteiger partial charge in [-0.25, -0.2) is 22.8 Å². The smallest absolute Gasteiger partial charge is 0.268 e. The first kappa shape index (κ1) is 22.1. The minimum Gasteiger partial charge on any atom is -0.495 e. The van der Waals surface area contributed by atoms with Crippen LogP contribution in [-0.4, -0.2) is 42.8 Å². The number of ether oxygens (including phenoxy) is 2. The van der Waals surface area contributed by atoms with E-state index >= 15 is 0 Å². The second kappa shape index (κ2) is 8.44. The first-order valence-electron chi connectivity index (χ1n) is 9.76. The number of carbonyl (C=O) groups excluding carboxylic acids is 1. The number of methoxy groups -OCH3 is 1. The molecule has 1 aliphatic carbocycles. The third-order valence-electron chi connectivity index (χ3n) is 5.14. The Morgan fingerprint density at radius 2 is 1.97 bits per heavy atom. The largest absolute Gasteiger partial charge is 0.495 e. The van der Waals surface area contributed by atoms with Gasteiger partial charge in [0.15, 0.2) is 5.82 Å². The van der Waals surface area contributed by atoms with Crippen molar-refractivity contribution in [2.24, 2.45) is 5.41 Å². The van der Waals surface area contributed by atoms with Crippen molar-refractivity contribution in [2.75, 3.05) is 13.7 Å². The van der Waals surface area contributed by atoms with Crippen LogP contribution >= 0.6 is 11.6 Å². The molecule has 1 aliphatic rings. The molecule has 3 aromatic rings. The Morgan fingerprint density at radius 3 is 2.66 bits per heavy atom. The number of benzene rings is 1. The fraction of sp³-hybridized carbons (Fsp3) is 0.286. The maximum atomic E-state index is 12.6. The van der Waals surface area contributed by atoms with E-state index in [9.17, 15) is 13.2 Å². The highest BCUT2D eigenvalue weighted by Crippen LogP contribution is 2.44. The van der Waals surface area contributed by atoms with Crippen molar-refractivity contribution in [3.8, 4) is 17.4 Å². The molecule has 1 fully saturated rings. The van der Waals surface area contributed by atoms with Crippen molar-refractivity contribution in [2.45, 2.75) is 24.7 Å². The minimum absolute atomic E-state index is 0.0980. The standard InChI is InChI=1S/C21H21ClN4O5S/c1-21(10-11-21)13-31-18-9-12-26(24-18)17-8-7-14(19(22)23-17)20(27)25-32(28,29)16-6-4-3-5-15(16)30-2/h3-9,12H,10-11,13H2,1-2H3,(H,25,27). The summed E-state index contributed by atoms with van der Waals surface area (Å²) in [7, 11) is -2.84. The Balaban J connectivity index is 1.49. The molecule has 1 saturated carbocycles. The van der Waals surface area contributed by atoms with E-state index in [2.05, 4.69) is 17.0 Å². The maximum Gasteiger partial charge on any atom is 0.268 e. The number of amides is 1. The van der Waals surface area contributed by atoms with Gasteiger partial charge in [0.2, 0.25) is 5.88 Å². The highest BCUT2D eigenvalue weighted by molar-refractivity contribution is 7.90. The quantitative estimate of drug-likeness (QED) is 0.496. The summed E-state index contributed by atoms with van der Waals surface area (Å²) < 4.78 is 39.5. The van der Waals surface area contributed by atoms with Crippen LogP contribution in [0.25, 0.3) is 5.82 Å². The number of hydrogen-bond acceptors (Lipinski definition) is 7. The summed E-state index contributed by atoms with van der Waals surface area (Å²) in [5, 5.41) is 4.14. The number of aromatic nitrogens is 3. The summed E-state index contributed by atoms with van der Waals surface area (Å²) in [6.07, 6.45) is 3.94. The number of pyridine rings is 1. The average molecular weight is 477 g/mol. The Bertz CT molecular complexity index is 1270. The number of halogens is 1. The molecule has 0 radical (unpaired) electrons. The molecule has 0 atom stereocenters. The van der Waals surface area contributed by atoms with Gasteiger partial charge in [0.25, 0.3) is 15.9 Å². The number of nitrogens with zero attached hydrogens (tertiary/aromatic N) is 3. The van der Waals surface area contributed by atoms with Crippen LogP contribution < -0.4 is 14.2 Å². The van der Waals surface area contributed by atoms with Crippen LogP contribution in [0, 0.1) is 5.41 Å². The summed E-state index contributed by atoms with van der Waals surface area (Å²) in [6.45, 7) is 2.75. The van der Waals surface area contributed by atoms with E-state index in [1.54, 1.807) is 18.3 Å². The van der Waals surface area contributed by atoms with Gasteiger partial charge in [0.1, 0.15) is 15.8 Å². The van der Waals surface area contributed by atoms with Crippen LogP contribution in [0.5, 0.6) is 11.6 Å². The van der Waals surface area contributed by atoms with Crippen molar-refractivity contribution >= 4 is 27.5 Å². The predicted molar refractivity (Wildman–Crippen MR) is 117 cm³/mol. The maximum absolute atomic E-state index is 12.6. The average Bonchev–Trinajstić information content (AvgIpc) is 3.31. The van der Waals surface area contributed by atoms with Gasteiger partial charge in [-0.3, -0.25) is 4.79 Å². The van der Waals surface area contributed by atoms with E-state index in [4.69, 9.17) is 21.1 Å². The normalized spacial score (nSPS) is 14.6. The molecule has 4 rings (SSSR count). The third-order valence-corrected chi connectivity index (χ3v) is 6.79. The topological polar surface area (TPSA) is 112 Å². The molecular weight excluding hydrogens is 456 g/mol. The number of hydrogen-bond donors (Lipinski definition) is 1. The monoisotopic (exact) mass is 476 g/mol. The fourth-order valence-corrected chi connectivity index (χ4v) is 4.29. The van der Waals surface area contributed by atoms with Crippen LogP contribution in [-0.2, 0) is 10.0 Å². The molecule has 168 valence electrons. The van der Waals surface area contributed by atoms with Gasteiger partial charge in [-0.05, 0) is 37.1 Å². The Labute approximate surface area is 190 Å². The lowest BCUT2D eigenvalue weighted by atomic mass is 10.2. The van der Waals surface area contributed by atoms with Crippen LogP contribution in [0.1, 0.15) is 30.1 Å². The molecule has 0 spiro atoms. The Hall–Kier alpha value is -3.11. The van der Waals surface area contributed by atoms with E-state index in [-0.39, 0.29) is 26.8 Å². The number of sulfonamides is 1. The molecule has 1 aromatic carbocycles. The lowest BCUT2D eigenvalue weighted by Crippen LogP contribution is -2.31. The van der Waals surface area contributed by atoms with Crippen molar-refractivity contribution in [3.05, 3.63) is 59.4 Å². The van der Waals surface area contributed by atoms with Crippen LogP contribution in [0.15, 0.2) is 53.6 Å². The summed E-state index contributed by atoms with van der Waals surface area (Å²) in [6, 6.07) is 10.6. The number of rotatable bonds is 8. The molecule has 0 saturated heterocycles. The molecule has 9 nitrogen and oxygen atoms in total. The highest BCUT2D eigenvalue weighted by Gasteiger charge is 2.38. The van der Waals surface area contributed by atoms with E-state index in [1.165, 1.54) is 42.1 Å². The Kier molecular flexibility index (Phi) is 5.83. The van der Waals surface area contributed by atoms with Gasteiger partial charge in [-0.1, -0.05) is 30.7 Å². The van der Waals surface area contributed by atoms with Crippen molar-refractivity contribution in [1.29, 1.82) is 0 Å². The molecule has 2 heterocycles. The number of carbonyl (C=O) groups is 1. The molecule has 1 N–H and O–H groups in total. The molecular formula is C21H21ClN4O5S. The van der Waals surface area contributed by atoms with Gasteiger partial charge in [-0.15, -0.1) is 5.10 Å². The van der Waals surface area contributed by atoms with Crippen LogP contribution in [0.4, 0.5) is 0 Å². The molecule has 0 unspecified atom stereocenters. The number of para-hydroxylation sites is 1. The molecule has 11 heteroatoms. The second-order valence-electron chi connectivity index (χ2n) is 7.79. The van der Waals surface area contributed by atoms with Gasteiger partial charge in [0, 0.05) is 17.7 Å². The summed E-state index contributed by atoms with van der Waals surface area (Å²) in [5.41, 5.74) is 0.129. The first-order chi connectivity index (χ1) is 15.2. The zero-order valence-electron chi connectivity index (χ0n) is 17.4. The van der Waals surface area contributed by atoms with Gasteiger partial charge >= 0.3 is 0 Å². The summed E-state index contributed by atoms with van der Waals surface area (Å²) >= 11 is 6.18. The molecule has 0 aliphatic heterocycles. The summed E-state index contributed by atoms with van der Waals surface area (Å²) in [5.74, 6) is 0.00858. The number of nitrogens with one attached hydrogen (secondary N) is 1.